The summed E-state index contributed by atoms with van der Waals surface area (Å²) in [7, 11) is 0. The first kappa shape index (κ1) is 15.3. The van der Waals surface area contributed by atoms with Gasteiger partial charge < -0.3 is 15.3 Å². The van der Waals surface area contributed by atoms with Gasteiger partial charge in [0.25, 0.3) is 0 Å². The van der Waals surface area contributed by atoms with Crippen LogP contribution in [-0.4, -0.2) is 20.4 Å². The van der Waals surface area contributed by atoms with E-state index in [1.165, 1.54) is 16.6 Å². The number of nitrogens with two attached hydrogens (primary N) is 1. The van der Waals surface area contributed by atoms with Gasteiger partial charge in [-0.15, -0.1) is 0 Å². The predicted molar refractivity (Wildman–Crippen MR) is 91.2 cm³/mol. The first-order chi connectivity index (χ1) is 11.1. The number of primary amides is 1. The molecule has 0 radical (unpaired) electrons. The van der Waals surface area contributed by atoms with E-state index in [-0.39, 0.29) is 5.91 Å². The summed E-state index contributed by atoms with van der Waals surface area (Å²) in [4.78, 5) is 18.8. The van der Waals surface area contributed by atoms with Crippen LogP contribution in [0.4, 0.5) is 0 Å². The van der Waals surface area contributed by atoms with Crippen LogP contribution >= 0.6 is 0 Å². The maximum absolute atomic E-state index is 11.2. The molecule has 1 amide bonds. The molecule has 3 rings (SSSR count). The lowest BCUT2D eigenvalue weighted by atomic mass is 10.0. The summed E-state index contributed by atoms with van der Waals surface area (Å²) in [6.07, 6.45) is 4.72. The van der Waals surface area contributed by atoms with Gasteiger partial charge in [0.15, 0.2) is 0 Å². The lowest BCUT2D eigenvalue weighted by Crippen LogP contribution is -2.15. The SMILES string of the molecule is CC(C)c1c(Cc2ncc[nH]2)c2ccccc2n1CCC(N)=O. The van der Waals surface area contributed by atoms with Crippen molar-refractivity contribution in [3.8, 4) is 0 Å². The number of imidazole rings is 1. The number of amides is 1. The number of aromatic amines is 1. The summed E-state index contributed by atoms with van der Waals surface area (Å²) in [5, 5.41) is 1.22. The van der Waals surface area contributed by atoms with Gasteiger partial charge >= 0.3 is 0 Å². The van der Waals surface area contributed by atoms with Crippen molar-refractivity contribution in [2.45, 2.75) is 39.2 Å². The normalized spacial score (nSPS) is 11.4. The molecule has 0 atom stereocenters. The van der Waals surface area contributed by atoms with Gasteiger partial charge in [-0.3, -0.25) is 4.79 Å². The zero-order valence-electron chi connectivity index (χ0n) is 13.5. The average molecular weight is 310 g/mol. The molecule has 0 aliphatic heterocycles. The smallest absolute Gasteiger partial charge is 0.219 e. The maximum atomic E-state index is 11.2. The minimum atomic E-state index is -0.273. The van der Waals surface area contributed by atoms with Crippen LogP contribution in [-0.2, 0) is 17.8 Å². The number of carbonyl (C=O) groups is 1. The molecule has 1 aromatic carbocycles. The Bertz CT molecular complexity index is 815. The Morgan fingerprint density at radius 2 is 2.13 bits per heavy atom. The number of benzene rings is 1. The number of fused-ring (bicyclic) bond motifs is 1. The monoisotopic (exact) mass is 310 g/mol. The molecule has 0 bridgehead atoms. The summed E-state index contributed by atoms with van der Waals surface area (Å²) in [5.74, 6) is 1.02. The second-order valence-corrected chi connectivity index (χ2v) is 6.12. The Hall–Kier alpha value is -2.56. The van der Waals surface area contributed by atoms with E-state index in [2.05, 4.69) is 46.6 Å². The van der Waals surface area contributed by atoms with Crippen molar-refractivity contribution in [2.75, 3.05) is 0 Å². The number of aryl methyl sites for hydroxylation is 1. The predicted octanol–water partition coefficient (Wildman–Crippen LogP) is 2.95. The van der Waals surface area contributed by atoms with Gasteiger partial charge in [0.05, 0.1) is 0 Å². The van der Waals surface area contributed by atoms with E-state index >= 15 is 0 Å². The fourth-order valence-electron chi connectivity index (χ4n) is 3.27. The molecule has 5 heteroatoms. The van der Waals surface area contributed by atoms with Crippen LogP contribution in [0.1, 0.15) is 43.3 Å². The van der Waals surface area contributed by atoms with Crippen LogP contribution in [0.2, 0.25) is 0 Å². The van der Waals surface area contributed by atoms with Crippen molar-refractivity contribution in [1.82, 2.24) is 14.5 Å². The third kappa shape index (κ3) is 2.99. The van der Waals surface area contributed by atoms with Crippen molar-refractivity contribution in [3.05, 3.63) is 53.7 Å². The number of aromatic nitrogens is 3. The lowest BCUT2D eigenvalue weighted by molar-refractivity contribution is -0.118. The van der Waals surface area contributed by atoms with E-state index in [1.54, 1.807) is 6.20 Å². The number of hydrogen-bond donors (Lipinski definition) is 2. The van der Waals surface area contributed by atoms with E-state index in [1.807, 2.05) is 12.3 Å². The van der Waals surface area contributed by atoms with Gasteiger partial charge in [-0.25, -0.2) is 4.98 Å². The minimum absolute atomic E-state index is 0.273. The van der Waals surface area contributed by atoms with E-state index in [9.17, 15) is 4.79 Å². The highest BCUT2D eigenvalue weighted by molar-refractivity contribution is 5.86. The first-order valence-electron chi connectivity index (χ1n) is 7.94. The minimum Gasteiger partial charge on any atom is -0.370 e. The highest BCUT2D eigenvalue weighted by atomic mass is 16.1. The molecule has 0 saturated carbocycles. The molecule has 3 aromatic rings. The molecule has 2 heterocycles. The fraction of sp³-hybridized carbons (Fsp3) is 0.333. The van der Waals surface area contributed by atoms with Crippen LogP contribution in [0.15, 0.2) is 36.7 Å². The van der Waals surface area contributed by atoms with Crippen molar-refractivity contribution in [1.29, 1.82) is 0 Å². The van der Waals surface area contributed by atoms with Crippen molar-refractivity contribution < 1.29 is 4.79 Å². The van der Waals surface area contributed by atoms with Crippen LogP contribution < -0.4 is 5.73 Å². The Morgan fingerprint density at radius 3 is 2.78 bits per heavy atom. The standard InChI is InChI=1S/C18H22N4O/c1-12(2)18-14(11-17-20-8-9-21-17)13-5-3-4-6-15(13)22(18)10-7-16(19)23/h3-6,8-9,12H,7,10-11H2,1-2H3,(H2,19,23)(H,20,21). The second-order valence-electron chi connectivity index (χ2n) is 6.12. The van der Waals surface area contributed by atoms with Crippen LogP contribution in [0.3, 0.4) is 0 Å². The topological polar surface area (TPSA) is 76.7 Å². The molecule has 2 aromatic heterocycles. The van der Waals surface area contributed by atoms with E-state index in [0.29, 0.717) is 18.9 Å². The number of rotatable bonds is 6. The molecule has 0 aliphatic rings. The van der Waals surface area contributed by atoms with Crippen LogP contribution in [0, 0.1) is 0 Å². The Labute approximate surface area is 135 Å². The van der Waals surface area contributed by atoms with Gasteiger partial charge in [0.1, 0.15) is 5.82 Å². The molecule has 0 spiro atoms. The van der Waals surface area contributed by atoms with E-state index in [4.69, 9.17) is 5.73 Å². The molecule has 0 saturated heterocycles. The fourth-order valence-corrected chi connectivity index (χ4v) is 3.27. The summed E-state index contributed by atoms with van der Waals surface area (Å²) in [6, 6.07) is 8.33. The summed E-state index contributed by atoms with van der Waals surface area (Å²) >= 11 is 0. The molecule has 5 nitrogen and oxygen atoms in total. The Kier molecular flexibility index (Phi) is 4.19. The van der Waals surface area contributed by atoms with Crippen molar-refractivity contribution in [2.24, 2.45) is 5.73 Å². The largest absolute Gasteiger partial charge is 0.370 e. The molecule has 3 N–H and O–H groups in total. The molecular formula is C18H22N4O. The zero-order chi connectivity index (χ0) is 16.4. The molecule has 120 valence electrons. The number of nitrogens with one attached hydrogen (secondary N) is 1. The van der Waals surface area contributed by atoms with E-state index < -0.39 is 0 Å². The zero-order valence-corrected chi connectivity index (χ0v) is 13.5. The first-order valence-corrected chi connectivity index (χ1v) is 7.94. The van der Waals surface area contributed by atoms with Gasteiger partial charge in [-0.1, -0.05) is 32.0 Å². The Morgan fingerprint density at radius 1 is 1.35 bits per heavy atom. The molecular weight excluding hydrogens is 288 g/mol. The molecule has 0 unspecified atom stereocenters. The van der Waals surface area contributed by atoms with Crippen molar-refractivity contribution in [3.63, 3.8) is 0 Å². The summed E-state index contributed by atoms with van der Waals surface area (Å²) in [5.41, 5.74) is 9.04. The molecule has 0 aliphatic carbocycles. The number of H-pyrrole nitrogens is 1. The summed E-state index contributed by atoms with van der Waals surface area (Å²) in [6.45, 7) is 4.97. The maximum Gasteiger partial charge on any atom is 0.219 e. The lowest BCUT2D eigenvalue weighted by Gasteiger charge is -2.14. The van der Waals surface area contributed by atoms with Gasteiger partial charge in [-0.2, -0.15) is 0 Å². The average Bonchev–Trinajstić information content (AvgIpc) is 3.12. The number of para-hydroxylation sites is 1. The molecule has 23 heavy (non-hydrogen) atoms. The quantitative estimate of drug-likeness (QED) is 0.734. The number of carbonyl (C=O) groups excluding carboxylic acids is 1. The number of hydrogen-bond acceptors (Lipinski definition) is 2. The van der Waals surface area contributed by atoms with Crippen LogP contribution in [0.25, 0.3) is 10.9 Å². The third-order valence-electron chi connectivity index (χ3n) is 4.15. The van der Waals surface area contributed by atoms with E-state index in [0.717, 1.165) is 17.8 Å². The van der Waals surface area contributed by atoms with Gasteiger partial charge in [0, 0.05) is 48.4 Å². The second kappa shape index (κ2) is 6.28. The number of nitrogens with zero attached hydrogens (tertiary/aromatic N) is 2. The Balaban J connectivity index is 2.16. The highest BCUT2D eigenvalue weighted by Gasteiger charge is 2.20. The highest BCUT2D eigenvalue weighted by Crippen LogP contribution is 2.32. The summed E-state index contributed by atoms with van der Waals surface area (Å²) < 4.78 is 2.24. The van der Waals surface area contributed by atoms with Gasteiger partial charge in [0.2, 0.25) is 5.91 Å². The third-order valence-corrected chi connectivity index (χ3v) is 4.15. The van der Waals surface area contributed by atoms with Crippen molar-refractivity contribution >= 4 is 16.8 Å². The van der Waals surface area contributed by atoms with Gasteiger partial charge in [-0.05, 0) is 17.5 Å². The molecule has 0 fully saturated rings. The van der Waals surface area contributed by atoms with Crippen LogP contribution in [0.5, 0.6) is 0 Å².